The maximum absolute atomic E-state index is 11.9. The Morgan fingerprint density at radius 3 is 2.62 bits per heavy atom. The molecule has 0 aliphatic carbocycles. The highest BCUT2D eigenvalue weighted by Crippen LogP contribution is 2.07. The van der Waals surface area contributed by atoms with Gasteiger partial charge in [0, 0.05) is 12.5 Å². The van der Waals surface area contributed by atoms with Crippen molar-refractivity contribution in [3.63, 3.8) is 0 Å². The van der Waals surface area contributed by atoms with Gasteiger partial charge in [0.25, 0.3) is 0 Å². The van der Waals surface area contributed by atoms with Crippen molar-refractivity contribution >= 4 is 23.8 Å². The number of esters is 2. The molecular formula is C13H18N2O6. The second-order valence-electron chi connectivity index (χ2n) is 4.40. The largest absolute Gasteiger partial charge is 0.467 e. The molecule has 2 atom stereocenters. The van der Waals surface area contributed by atoms with Crippen LogP contribution >= 0.6 is 0 Å². The molecule has 0 unspecified atom stereocenters. The summed E-state index contributed by atoms with van der Waals surface area (Å²) in [6.45, 7) is 0. The number of amides is 2. The normalized spacial score (nSPS) is 19.0. The average Bonchev–Trinajstić information content (AvgIpc) is 2.91. The molecule has 116 valence electrons. The summed E-state index contributed by atoms with van der Waals surface area (Å²) in [7, 11) is 2.43. The monoisotopic (exact) mass is 298 g/mol. The lowest BCUT2D eigenvalue weighted by Crippen LogP contribution is -2.48. The Labute approximate surface area is 121 Å². The van der Waals surface area contributed by atoms with E-state index in [1.54, 1.807) is 0 Å². The van der Waals surface area contributed by atoms with Crippen LogP contribution in [0.4, 0.5) is 0 Å². The van der Waals surface area contributed by atoms with Crippen LogP contribution in [0, 0.1) is 0 Å². The minimum atomic E-state index is -0.930. The van der Waals surface area contributed by atoms with Crippen LogP contribution in [0.1, 0.15) is 19.3 Å². The van der Waals surface area contributed by atoms with Gasteiger partial charge < -0.3 is 20.1 Å². The molecule has 1 fully saturated rings. The topological polar surface area (TPSA) is 111 Å². The third-order valence-electron chi connectivity index (χ3n) is 2.94. The number of carbonyl (C=O) groups is 4. The Morgan fingerprint density at radius 1 is 1.38 bits per heavy atom. The molecule has 8 nitrogen and oxygen atoms in total. The molecule has 21 heavy (non-hydrogen) atoms. The van der Waals surface area contributed by atoms with Crippen molar-refractivity contribution in [3.05, 3.63) is 12.2 Å². The first-order chi connectivity index (χ1) is 9.97. The van der Waals surface area contributed by atoms with Crippen LogP contribution in [0.5, 0.6) is 0 Å². The fraction of sp³-hybridized carbons (Fsp3) is 0.538. The molecule has 0 radical (unpaired) electrons. The summed E-state index contributed by atoms with van der Waals surface area (Å²) in [6, 6.07) is -1.57. The van der Waals surface area contributed by atoms with Crippen LogP contribution < -0.4 is 10.6 Å². The SMILES string of the molecule is COC(=O)/C=C/C[C@H](NC(=O)[C@@H]1CCC(=O)N1)C(=O)OC. The van der Waals surface area contributed by atoms with Gasteiger partial charge in [0.1, 0.15) is 12.1 Å². The summed E-state index contributed by atoms with van der Waals surface area (Å²) < 4.78 is 9.01. The summed E-state index contributed by atoms with van der Waals surface area (Å²) >= 11 is 0. The van der Waals surface area contributed by atoms with Gasteiger partial charge in [-0.25, -0.2) is 9.59 Å². The molecule has 8 heteroatoms. The van der Waals surface area contributed by atoms with Gasteiger partial charge in [-0.1, -0.05) is 6.08 Å². The van der Waals surface area contributed by atoms with Gasteiger partial charge in [-0.05, 0) is 12.8 Å². The van der Waals surface area contributed by atoms with Crippen molar-refractivity contribution in [3.8, 4) is 0 Å². The van der Waals surface area contributed by atoms with Crippen molar-refractivity contribution < 1.29 is 28.7 Å². The van der Waals surface area contributed by atoms with Crippen LogP contribution in [0.25, 0.3) is 0 Å². The molecule has 2 amide bonds. The van der Waals surface area contributed by atoms with Crippen LogP contribution in [-0.2, 0) is 28.7 Å². The molecule has 0 aromatic carbocycles. The summed E-state index contributed by atoms with van der Waals surface area (Å²) in [5.41, 5.74) is 0. The number of hydrogen-bond acceptors (Lipinski definition) is 6. The van der Waals surface area contributed by atoms with Gasteiger partial charge >= 0.3 is 11.9 Å². The number of rotatable bonds is 6. The van der Waals surface area contributed by atoms with Gasteiger partial charge in [0.15, 0.2) is 0 Å². The van der Waals surface area contributed by atoms with Crippen LogP contribution in [0.2, 0.25) is 0 Å². The highest BCUT2D eigenvalue weighted by Gasteiger charge is 2.30. The molecule has 1 rings (SSSR count). The van der Waals surface area contributed by atoms with Crippen molar-refractivity contribution in [2.24, 2.45) is 0 Å². The van der Waals surface area contributed by atoms with E-state index in [4.69, 9.17) is 0 Å². The summed E-state index contributed by atoms with van der Waals surface area (Å²) in [5.74, 6) is -1.85. The van der Waals surface area contributed by atoms with E-state index in [2.05, 4.69) is 20.1 Å². The van der Waals surface area contributed by atoms with Crippen LogP contribution in [0.3, 0.4) is 0 Å². The van der Waals surface area contributed by atoms with E-state index in [0.29, 0.717) is 6.42 Å². The lowest BCUT2D eigenvalue weighted by Gasteiger charge is -2.17. The van der Waals surface area contributed by atoms with E-state index in [0.717, 1.165) is 6.08 Å². The Kier molecular flexibility index (Phi) is 6.38. The Morgan fingerprint density at radius 2 is 2.10 bits per heavy atom. The van der Waals surface area contributed by atoms with Crippen LogP contribution in [0.15, 0.2) is 12.2 Å². The zero-order valence-corrected chi connectivity index (χ0v) is 11.9. The Hall–Kier alpha value is -2.38. The van der Waals surface area contributed by atoms with Crippen molar-refractivity contribution in [2.45, 2.75) is 31.3 Å². The quantitative estimate of drug-likeness (QED) is 0.483. The van der Waals surface area contributed by atoms with E-state index in [9.17, 15) is 19.2 Å². The fourth-order valence-electron chi connectivity index (χ4n) is 1.81. The van der Waals surface area contributed by atoms with Crippen molar-refractivity contribution in [2.75, 3.05) is 14.2 Å². The first kappa shape index (κ1) is 16.7. The molecule has 1 heterocycles. The number of hydrogen-bond donors (Lipinski definition) is 2. The number of nitrogens with one attached hydrogen (secondary N) is 2. The van der Waals surface area contributed by atoms with E-state index in [1.165, 1.54) is 20.3 Å². The summed E-state index contributed by atoms with van der Waals surface area (Å²) in [4.78, 5) is 45.5. The smallest absolute Gasteiger partial charge is 0.330 e. The lowest BCUT2D eigenvalue weighted by atomic mass is 10.1. The fourth-order valence-corrected chi connectivity index (χ4v) is 1.81. The van der Waals surface area contributed by atoms with Gasteiger partial charge in [-0.2, -0.15) is 0 Å². The van der Waals surface area contributed by atoms with Crippen molar-refractivity contribution in [1.82, 2.24) is 10.6 Å². The third-order valence-corrected chi connectivity index (χ3v) is 2.94. The van der Waals surface area contributed by atoms with Gasteiger partial charge in [-0.15, -0.1) is 0 Å². The highest BCUT2D eigenvalue weighted by atomic mass is 16.5. The molecular weight excluding hydrogens is 280 g/mol. The summed E-state index contributed by atoms with van der Waals surface area (Å²) in [5, 5.41) is 4.99. The predicted molar refractivity (Wildman–Crippen MR) is 70.9 cm³/mol. The van der Waals surface area contributed by atoms with E-state index >= 15 is 0 Å². The maximum Gasteiger partial charge on any atom is 0.330 e. The zero-order valence-electron chi connectivity index (χ0n) is 11.9. The molecule has 0 bridgehead atoms. The predicted octanol–water partition coefficient (Wildman–Crippen LogP) is -0.958. The molecule has 1 aliphatic heterocycles. The van der Waals surface area contributed by atoms with E-state index < -0.39 is 29.9 Å². The van der Waals surface area contributed by atoms with Gasteiger partial charge in [0.05, 0.1) is 14.2 Å². The first-order valence-electron chi connectivity index (χ1n) is 6.40. The molecule has 0 saturated carbocycles. The second-order valence-corrected chi connectivity index (χ2v) is 4.40. The molecule has 0 aromatic heterocycles. The standard InChI is InChI=1S/C13H18N2O6/c1-20-11(17)5-3-4-9(13(19)21-2)15-12(18)8-6-7-10(16)14-8/h3,5,8-9H,4,6-7H2,1-2H3,(H,14,16)(H,15,18)/b5-3+/t8-,9-/m0/s1. The second kappa shape index (κ2) is 8.03. The van der Waals surface area contributed by atoms with Gasteiger partial charge in [-0.3, -0.25) is 9.59 Å². The Balaban J connectivity index is 2.59. The first-order valence-corrected chi connectivity index (χ1v) is 6.40. The maximum atomic E-state index is 11.9. The molecule has 2 N–H and O–H groups in total. The molecule has 0 aromatic rings. The number of carbonyl (C=O) groups excluding carboxylic acids is 4. The third kappa shape index (κ3) is 5.25. The minimum absolute atomic E-state index is 0.0776. The molecule has 1 aliphatic rings. The lowest BCUT2D eigenvalue weighted by molar-refractivity contribution is -0.145. The minimum Gasteiger partial charge on any atom is -0.467 e. The van der Waals surface area contributed by atoms with Crippen LogP contribution in [-0.4, -0.2) is 50.1 Å². The number of methoxy groups -OCH3 is 2. The average molecular weight is 298 g/mol. The molecule has 0 spiro atoms. The highest BCUT2D eigenvalue weighted by molar-refractivity contribution is 5.93. The van der Waals surface area contributed by atoms with E-state index in [-0.39, 0.29) is 18.7 Å². The Bertz CT molecular complexity index is 460. The van der Waals surface area contributed by atoms with Crippen molar-refractivity contribution in [1.29, 1.82) is 0 Å². The van der Waals surface area contributed by atoms with Gasteiger partial charge in [0.2, 0.25) is 11.8 Å². The van der Waals surface area contributed by atoms with E-state index in [1.807, 2.05) is 0 Å². The zero-order chi connectivity index (χ0) is 15.8. The number of ether oxygens (including phenoxy) is 2. The molecule has 1 saturated heterocycles. The summed E-state index contributed by atoms with van der Waals surface area (Å²) in [6.07, 6.45) is 3.30.